The minimum absolute atomic E-state index is 0.674. The molecule has 0 saturated heterocycles. The van der Waals surface area contributed by atoms with Crippen LogP contribution in [0.4, 0.5) is 0 Å². The second-order valence-corrected chi connectivity index (χ2v) is 1.66. The van der Waals surface area contributed by atoms with E-state index in [1.165, 1.54) is 6.92 Å². The molecular formula is C5H7NO5. The molecule has 1 atom stereocenters. The fraction of sp³-hybridized carbons (Fsp3) is 0.400. The Morgan fingerprint density at radius 2 is 2.36 bits per heavy atom. The largest absolute Gasteiger partial charge is 0.478 e. The molecule has 0 heterocycles. The van der Waals surface area contributed by atoms with E-state index < -0.39 is 17.1 Å². The number of ether oxygens (including phenoxy) is 1. The zero-order valence-corrected chi connectivity index (χ0v) is 5.76. The number of nitrogens with zero attached hydrogens (tertiary/aromatic N) is 1. The lowest BCUT2D eigenvalue weighted by atomic mass is 10.6. The van der Waals surface area contributed by atoms with Crippen molar-refractivity contribution >= 4 is 5.97 Å². The van der Waals surface area contributed by atoms with Gasteiger partial charge in [0.05, 0.1) is 17.3 Å². The third-order valence-corrected chi connectivity index (χ3v) is 0.783. The summed E-state index contributed by atoms with van der Waals surface area (Å²) in [7, 11) is 0. The first kappa shape index (κ1) is 9.41. The van der Waals surface area contributed by atoms with E-state index in [0.717, 1.165) is 6.26 Å². The molecule has 1 unspecified atom stereocenters. The Hall–Kier alpha value is -1.59. The lowest BCUT2D eigenvalue weighted by Gasteiger charge is -2.00. The van der Waals surface area contributed by atoms with Gasteiger partial charge in [0.25, 0.3) is 0 Å². The van der Waals surface area contributed by atoms with E-state index in [2.05, 4.69) is 4.74 Å². The van der Waals surface area contributed by atoms with Gasteiger partial charge >= 0.3 is 12.2 Å². The zero-order valence-electron chi connectivity index (χ0n) is 5.76. The SMILES string of the molecule is CC(OC=CC(=O)O)[N+](=O)[O-]. The van der Waals surface area contributed by atoms with Gasteiger partial charge in [-0.1, -0.05) is 0 Å². The Labute approximate surface area is 62.2 Å². The van der Waals surface area contributed by atoms with Gasteiger partial charge in [-0.2, -0.15) is 0 Å². The van der Waals surface area contributed by atoms with Crippen molar-refractivity contribution in [2.75, 3.05) is 0 Å². The number of hydrogen-bond acceptors (Lipinski definition) is 4. The van der Waals surface area contributed by atoms with Crippen molar-refractivity contribution in [1.82, 2.24) is 0 Å². The molecule has 0 fully saturated rings. The van der Waals surface area contributed by atoms with E-state index in [4.69, 9.17) is 5.11 Å². The predicted octanol–water partition coefficient (Wildman–Crippen LogP) is 0.224. The first-order valence-corrected chi connectivity index (χ1v) is 2.72. The molecule has 0 rings (SSSR count). The highest BCUT2D eigenvalue weighted by molar-refractivity contribution is 5.79. The quantitative estimate of drug-likeness (QED) is 0.209. The van der Waals surface area contributed by atoms with Crippen LogP contribution in [0, 0.1) is 10.1 Å². The molecule has 6 heteroatoms. The summed E-state index contributed by atoms with van der Waals surface area (Å²) >= 11 is 0. The van der Waals surface area contributed by atoms with E-state index in [-0.39, 0.29) is 0 Å². The Kier molecular flexibility index (Phi) is 3.65. The fourth-order valence-corrected chi connectivity index (χ4v) is 0.261. The number of aliphatic carboxylic acids is 1. The van der Waals surface area contributed by atoms with Crippen LogP contribution >= 0.6 is 0 Å². The van der Waals surface area contributed by atoms with Crippen molar-refractivity contribution in [3.05, 3.63) is 22.5 Å². The molecule has 0 aromatic rings. The number of carboxylic acids is 1. The van der Waals surface area contributed by atoms with Crippen molar-refractivity contribution in [2.24, 2.45) is 0 Å². The molecule has 0 radical (unpaired) electrons. The highest BCUT2D eigenvalue weighted by Crippen LogP contribution is 1.91. The van der Waals surface area contributed by atoms with Crippen molar-refractivity contribution in [3.8, 4) is 0 Å². The first-order valence-electron chi connectivity index (χ1n) is 2.72. The molecule has 0 spiro atoms. The Morgan fingerprint density at radius 1 is 1.82 bits per heavy atom. The van der Waals surface area contributed by atoms with Crippen LogP contribution in [-0.4, -0.2) is 22.2 Å². The van der Waals surface area contributed by atoms with E-state index in [0.29, 0.717) is 6.08 Å². The third-order valence-electron chi connectivity index (χ3n) is 0.783. The van der Waals surface area contributed by atoms with Crippen LogP contribution in [0.1, 0.15) is 6.92 Å². The molecule has 1 N–H and O–H groups in total. The number of carboxylic acid groups (broad SMARTS) is 1. The minimum atomic E-state index is -1.22. The van der Waals surface area contributed by atoms with E-state index in [1.54, 1.807) is 0 Å². The average Bonchev–Trinajstić information content (AvgIpc) is 1.86. The van der Waals surface area contributed by atoms with Crippen LogP contribution in [0.5, 0.6) is 0 Å². The van der Waals surface area contributed by atoms with E-state index in [9.17, 15) is 14.9 Å². The summed E-state index contributed by atoms with van der Waals surface area (Å²) in [4.78, 5) is 19.0. The Balaban J connectivity index is 3.70. The van der Waals surface area contributed by atoms with Crippen molar-refractivity contribution in [1.29, 1.82) is 0 Å². The zero-order chi connectivity index (χ0) is 8.85. The summed E-state index contributed by atoms with van der Waals surface area (Å²) < 4.78 is 4.35. The number of rotatable bonds is 4. The third kappa shape index (κ3) is 4.89. The lowest BCUT2D eigenvalue weighted by Crippen LogP contribution is -2.16. The van der Waals surface area contributed by atoms with Crippen LogP contribution in [0.15, 0.2) is 12.3 Å². The summed E-state index contributed by atoms with van der Waals surface area (Å²) in [5.74, 6) is -1.21. The van der Waals surface area contributed by atoms with Crippen molar-refractivity contribution in [3.63, 3.8) is 0 Å². The predicted molar refractivity (Wildman–Crippen MR) is 34.3 cm³/mol. The lowest BCUT2D eigenvalue weighted by molar-refractivity contribution is -0.564. The standard InChI is InChI=1S/C5H7NO5/c1-4(6(9)10)11-3-2-5(7)8/h2-4H,1H3,(H,7,8). The molecule has 0 amide bonds. The van der Waals surface area contributed by atoms with Gasteiger partial charge in [0.15, 0.2) is 0 Å². The van der Waals surface area contributed by atoms with Crippen LogP contribution < -0.4 is 0 Å². The summed E-state index contributed by atoms with van der Waals surface area (Å²) in [5.41, 5.74) is 0. The molecular weight excluding hydrogens is 154 g/mol. The highest BCUT2D eigenvalue weighted by Gasteiger charge is 2.09. The fourth-order valence-electron chi connectivity index (χ4n) is 0.261. The maximum absolute atomic E-state index is 9.87. The topological polar surface area (TPSA) is 89.7 Å². The van der Waals surface area contributed by atoms with Gasteiger partial charge < -0.3 is 9.84 Å². The Bertz CT molecular complexity index is 187. The molecule has 0 saturated carbocycles. The highest BCUT2D eigenvalue weighted by atomic mass is 16.7. The van der Waals surface area contributed by atoms with Gasteiger partial charge in [-0.15, -0.1) is 0 Å². The summed E-state index contributed by atoms with van der Waals surface area (Å²) in [6, 6.07) is 0. The smallest absolute Gasteiger partial charge is 0.350 e. The molecule has 0 bridgehead atoms. The second-order valence-electron chi connectivity index (χ2n) is 1.66. The van der Waals surface area contributed by atoms with E-state index >= 15 is 0 Å². The minimum Gasteiger partial charge on any atom is -0.478 e. The normalized spacial score (nSPS) is 12.8. The summed E-state index contributed by atoms with van der Waals surface area (Å²) in [5, 5.41) is 17.9. The Morgan fingerprint density at radius 3 is 2.73 bits per heavy atom. The van der Waals surface area contributed by atoms with Crippen LogP contribution in [0.3, 0.4) is 0 Å². The molecule has 0 aromatic heterocycles. The monoisotopic (exact) mass is 161 g/mol. The molecule has 0 aromatic carbocycles. The molecule has 0 aliphatic carbocycles. The average molecular weight is 161 g/mol. The second kappa shape index (κ2) is 4.26. The van der Waals surface area contributed by atoms with Crippen LogP contribution in [0.2, 0.25) is 0 Å². The van der Waals surface area contributed by atoms with Crippen LogP contribution in [0.25, 0.3) is 0 Å². The number of nitro groups is 1. The van der Waals surface area contributed by atoms with Crippen molar-refractivity contribution < 1.29 is 19.6 Å². The van der Waals surface area contributed by atoms with Crippen molar-refractivity contribution in [2.45, 2.75) is 13.2 Å². The molecule has 62 valence electrons. The van der Waals surface area contributed by atoms with Gasteiger partial charge in [-0.3, -0.25) is 10.1 Å². The number of hydrogen-bond donors (Lipinski definition) is 1. The van der Waals surface area contributed by atoms with Gasteiger partial charge in [0.2, 0.25) is 0 Å². The van der Waals surface area contributed by atoms with Gasteiger partial charge in [-0.05, 0) is 0 Å². The maximum atomic E-state index is 9.87. The van der Waals surface area contributed by atoms with Gasteiger partial charge in [0.1, 0.15) is 0 Å². The molecule has 6 nitrogen and oxygen atoms in total. The molecule has 0 aliphatic heterocycles. The molecule has 11 heavy (non-hydrogen) atoms. The van der Waals surface area contributed by atoms with E-state index in [1.807, 2.05) is 0 Å². The molecule has 0 aliphatic rings. The maximum Gasteiger partial charge on any atom is 0.350 e. The summed E-state index contributed by atoms with van der Waals surface area (Å²) in [6.07, 6.45) is 0.237. The first-order chi connectivity index (χ1) is 5.04. The van der Waals surface area contributed by atoms with Crippen LogP contribution in [-0.2, 0) is 9.53 Å². The van der Waals surface area contributed by atoms with Gasteiger partial charge in [-0.25, -0.2) is 4.79 Å². The summed E-state index contributed by atoms with van der Waals surface area (Å²) in [6.45, 7) is 1.20. The number of carbonyl (C=O) groups is 1. The van der Waals surface area contributed by atoms with Gasteiger partial charge in [0, 0.05) is 6.92 Å².